The summed E-state index contributed by atoms with van der Waals surface area (Å²) in [6.07, 6.45) is 2.02. The van der Waals surface area contributed by atoms with Gasteiger partial charge in [0.25, 0.3) is 0 Å². The fraction of sp³-hybridized carbons (Fsp3) is 0.533. The van der Waals surface area contributed by atoms with E-state index in [4.69, 9.17) is 9.84 Å². The lowest BCUT2D eigenvalue weighted by Gasteiger charge is -2.36. The van der Waals surface area contributed by atoms with Crippen LogP contribution in [0.25, 0.3) is 0 Å². The molecule has 4 heteroatoms. The molecule has 0 aromatic heterocycles. The minimum Gasteiger partial charge on any atom is -0.478 e. The van der Waals surface area contributed by atoms with Gasteiger partial charge in [-0.05, 0) is 44.4 Å². The maximum atomic E-state index is 10.8. The molecule has 1 aromatic rings. The Kier molecular flexibility index (Phi) is 4.22. The van der Waals surface area contributed by atoms with E-state index in [2.05, 4.69) is 19.2 Å². The van der Waals surface area contributed by atoms with E-state index < -0.39 is 5.97 Å². The van der Waals surface area contributed by atoms with E-state index in [1.54, 1.807) is 12.1 Å². The fourth-order valence-electron chi connectivity index (χ4n) is 2.43. The fourth-order valence-corrected chi connectivity index (χ4v) is 2.43. The molecule has 0 aliphatic carbocycles. The van der Waals surface area contributed by atoms with Crippen LogP contribution >= 0.6 is 0 Å². The van der Waals surface area contributed by atoms with Crippen LogP contribution in [-0.4, -0.2) is 29.3 Å². The molecule has 0 bridgehead atoms. The van der Waals surface area contributed by atoms with E-state index in [9.17, 15) is 4.79 Å². The maximum Gasteiger partial charge on any atom is 0.335 e. The molecule has 2 N–H and O–H groups in total. The number of nitrogens with one attached hydrogen (secondary N) is 1. The molecule has 0 radical (unpaired) electrons. The first-order valence-corrected chi connectivity index (χ1v) is 6.66. The number of benzene rings is 1. The summed E-state index contributed by atoms with van der Waals surface area (Å²) in [5, 5.41) is 12.4. The number of carbonyl (C=O) groups is 1. The third-order valence-electron chi connectivity index (χ3n) is 3.49. The van der Waals surface area contributed by atoms with Gasteiger partial charge in [-0.3, -0.25) is 0 Å². The molecule has 1 aliphatic rings. The zero-order valence-corrected chi connectivity index (χ0v) is 11.5. The molecular weight excluding hydrogens is 242 g/mol. The van der Waals surface area contributed by atoms with Crippen LogP contribution in [0.1, 0.15) is 42.6 Å². The van der Waals surface area contributed by atoms with Gasteiger partial charge in [-0.1, -0.05) is 12.1 Å². The normalized spacial score (nSPS) is 22.1. The molecule has 1 fully saturated rings. The number of aromatic carboxylic acids is 1. The van der Waals surface area contributed by atoms with E-state index in [0.717, 1.165) is 31.6 Å². The van der Waals surface area contributed by atoms with E-state index in [-0.39, 0.29) is 5.60 Å². The van der Waals surface area contributed by atoms with Crippen molar-refractivity contribution in [2.75, 3.05) is 6.61 Å². The van der Waals surface area contributed by atoms with Gasteiger partial charge in [0.05, 0.1) is 11.2 Å². The van der Waals surface area contributed by atoms with Gasteiger partial charge in [0.15, 0.2) is 0 Å². The van der Waals surface area contributed by atoms with Gasteiger partial charge in [0.2, 0.25) is 0 Å². The van der Waals surface area contributed by atoms with Crippen molar-refractivity contribution in [1.82, 2.24) is 5.32 Å². The average Bonchev–Trinajstić information content (AvgIpc) is 2.36. The van der Waals surface area contributed by atoms with Crippen LogP contribution in [0, 0.1) is 0 Å². The summed E-state index contributed by atoms with van der Waals surface area (Å²) in [4.78, 5) is 10.8. The SMILES string of the molecule is CC1(C)CC(NCc2ccc(C(=O)O)cc2)CCO1. The third-order valence-corrected chi connectivity index (χ3v) is 3.49. The molecule has 104 valence electrons. The zero-order chi connectivity index (χ0) is 13.9. The van der Waals surface area contributed by atoms with Gasteiger partial charge in [-0.25, -0.2) is 4.79 Å². The summed E-state index contributed by atoms with van der Waals surface area (Å²) < 4.78 is 5.68. The Hall–Kier alpha value is -1.39. The molecule has 0 saturated carbocycles. The van der Waals surface area contributed by atoms with Crippen molar-refractivity contribution in [1.29, 1.82) is 0 Å². The van der Waals surface area contributed by atoms with Gasteiger partial charge >= 0.3 is 5.97 Å². The number of hydrogen-bond acceptors (Lipinski definition) is 3. The Bertz CT molecular complexity index is 439. The second-order valence-electron chi connectivity index (χ2n) is 5.68. The molecule has 1 aromatic carbocycles. The number of hydrogen-bond donors (Lipinski definition) is 2. The molecular formula is C15H21NO3. The van der Waals surface area contributed by atoms with Crippen molar-refractivity contribution >= 4 is 5.97 Å². The van der Waals surface area contributed by atoms with Crippen LogP contribution in [0.5, 0.6) is 0 Å². The predicted molar refractivity (Wildman–Crippen MR) is 73.3 cm³/mol. The average molecular weight is 263 g/mol. The highest BCUT2D eigenvalue weighted by atomic mass is 16.5. The molecule has 1 unspecified atom stereocenters. The summed E-state index contributed by atoms with van der Waals surface area (Å²) in [6.45, 7) is 5.79. The van der Waals surface area contributed by atoms with Crippen LogP contribution in [-0.2, 0) is 11.3 Å². The van der Waals surface area contributed by atoms with Crippen LogP contribution in [0.3, 0.4) is 0 Å². The van der Waals surface area contributed by atoms with Gasteiger partial charge in [-0.2, -0.15) is 0 Å². The standard InChI is InChI=1S/C15H21NO3/c1-15(2)9-13(7-8-19-15)16-10-11-3-5-12(6-4-11)14(17)18/h3-6,13,16H,7-10H2,1-2H3,(H,17,18). The molecule has 1 atom stereocenters. The van der Waals surface area contributed by atoms with Crippen LogP contribution < -0.4 is 5.32 Å². The Labute approximate surface area is 113 Å². The Morgan fingerprint density at radius 1 is 1.42 bits per heavy atom. The Balaban J connectivity index is 1.86. The van der Waals surface area contributed by atoms with Crippen molar-refractivity contribution in [2.45, 2.75) is 44.9 Å². The predicted octanol–water partition coefficient (Wildman–Crippen LogP) is 2.43. The molecule has 1 saturated heterocycles. The number of ether oxygens (including phenoxy) is 1. The largest absolute Gasteiger partial charge is 0.478 e. The van der Waals surface area contributed by atoms with Gasteiger partial charge in [0, 0.05) is 19.2 Å². The first-order valence-electron chi connectivity index (χ1n) is 6.66. The summed E-state index contributed by atoms with van der Waals surface area (Å²) in [5.74, 6) is -0.884. The monoisotopic (exact) mass is 263 g/mol. The van der Waals surface area contributed by atoms with E-state index in [1.165, 1.54) is 0 Å². The Morgan fingerprint density at radius 2 is 2.11 bits per heavy atom. The van der Waals surface area contributed by atoms with E-state index in [1.807, 2.05) is 12.1 Å². The molecule has 1 aliphatic heterocycles. The Morgan fingerprint density at radius 3 is 2.68 bits per heavy atom. The number of rotatable bonds is 4. The van der Waals surface area contributed by atoms with Crippen molar-refractivity contribution in [2.24, 2.45) is 0 Å². The second kappa shape index (κ2) is 5.72. The smallest absolute Gasteiger partial charge is 0.335 e. The summed E-state index contributed by atoms with van der Waals surface area (Å²) in [6, 6.07) is 7.48. The number of carboxylic acids is 1. The highest BCUT2D eigenvalue weighted by Gasteiger charge is 2.28. The van der Waals surface area contributed by atoms with Crippen LogP contribution in [0.2, 0.25) is 0 Å². The van der Waals surface area contributed by atoms with Gasteiger partial charge in [0.1, 0.15) is 0 Å². The quantitative estimate of drug-likeness (QED) is 0.876. The topological polar surface area (TPSA) is 58.6 Å². The van der Waals surface area contributed by atoms with Gasteiger partial charge in [-0.15, -0.1) is 0 Å². The maximum absolute atomic E-state index is 10.8. The van der Waals surface area contributed by atoms with Crippen LogP contribution in [0.15, 0.2) is 24.3 Å². The lowest BCUT2D eigenvalue weighted by molar-refractivity contribution is -0.0630. The van der Waals surface area contributed by atoms with E-state index >= 15 is 0 Å². The highest BCUT2D eigenvalue weighted by molar-refractivity contribution is 5.87. The van der Waals surface area contributed by atoms with Crippen LogP contribution in [0.4, 0.5) is 0 Å². The first kappa shape index (κ1) is 14.0. The van der Waals surface area contributed by atoms with Gasteiger partial charge < -0.3 is 15.2 Å². The van der Waals surface area contributed by atoms with Crippen molar-refractivity contribution in [3.05, 3.63) is 35.4 Å². The van der Waals surface area contributed by atoms with Crippen molar-refractivity contribution < 1.29 is 14.6 Å². The number of carboxylic acid groups (broad SMARTS) is 1. The summed E-state index contributed by atoms with van der Waals surface area (Å²) in [5.41, 5.74) is 1.38. The first-order chi connectivity index (χ1) is 8.96. The lowest BCUT2D eigenvalue weighted by Crippen LogP contribution is -2.43. The highest BCUT2D eigenvalue weighted by Crippen LogP contribution is 2.24. The molecule has 0 spiro atoms. The zero-order valence-electron chi connectivity index (χ0n) is 11.5. The molecule has 4 nitrogen and oxygen atoms in total. The molecule has 0 amide bonds. The molecule has 19 heavy (non-hydrogen) atoms. The summed E-state index contributed by atoms with van der Waals surface area (Å²) >= 11 is 0. The lowest BCUT2D eigenvalue weighted by atomic mass is 9.94. The van der Waals surface area contributed by atoms with Crippen molar-refractivity contribution in [3.8, 4) is 0 Å². The summed E-state index contributed by atoms with van der Waals surface area (Å²) in [7, 11) is 0. The second-order valence-corrected chi connectivity index (χ2v) is 5.68. The van der Waals surface area contributed by atoms with E-state index in [0.29, 0.717) is 11.6 Å². The minimum atomic E-state index is -0.884. The van der Waals surface area contributed by atoms with Crippen molar-refractivity contribution in [3.63, 3.8) is 0 Å². The molecule has 1 heterocycles. The third kappa shape index (κ3) is 4.04. The molecule has 2 rings (SSSR count). The minimum absolute atomic E-state index is 0.0525.